The van der Waals surface area contributed by atoms with Crippen LogP contribution in [-0.2, 0) is 9.59 Å². The zero-order chi connectivity index (χ0) is 15.9. The van der Waals surface area contributed by atoms with Crippen LogP contribution in [0.1, 0.15) is 30.4 Å². The summed E-state index contributed by atoms with van der Waals surface area (Å²) in [5, 5.41) is 2.62. The Hall–Kier alpha value is -2.04. The first-order chi connectivity index (χ1) is 10.6. The van der Waals surface area contributed by atoms with Crippen molar-refractivity contribution < 1.29 is 14.3 Å². The van der Waals surface area contributed by atoms with E-state index in [9.17, 15) is 9.59 Å². The number of likely N-dealkylation sites (tertiary alicyclic amines) is 1. The van der Waals surface area contributed by atoms with Crippen LogP contribution in [0.25, 0.3) is 0 Å². The molecule has 2 amide bonds. The van der Waals surface area contributed by atoms with Gasteiger partial charge < -0.3 is 15.0 Å². The second kappa shape index (κ2) is 7.82. The smallest absolute Gasteiger partial charge is 0.258 e. The van der Waals surface area contributed by atoms with E-state index in [0.717, 1.165) is 31.5 Å². The molecule has 0 spiro atoms. The molecule has 0 radical (unpaired) electrons. The van der Waals surface area contributed by atoms with Crippen molar-refractivity contribution in [1.82, 2.24) is 10.2 Å². The van der Waals surface area contributed by atoms with Crippen LogP contribution in [0.15, 0.2) is 18.2 Å². The van der Waals surface area contributed by atoms with Gasteiger partial charge in [0.05, 0.1) is 6.54 Å². The molecule has 0 atom stereocenters. The van der Waals surface area contributed by atoms with Crippen molar-refractivity contribution in [2.24, 2.45) is 0 Å². The van der Waals surface area contributed by atoms with Crippen molar-refractivity contribution >= 4 is 11.8 Å². The Morgan fingerprint density at radius 2 is 1.86 bits per heavy atom. The van der Waals surface area contributed by atoms with E-state index in [0.29, 0.717) is 5.75 Å². The number of hydrogen-bond acceptors (Lipinski definition) is 3. The minimum absolute atomic E-state index is 0.0146. The van der Waals surface area contributed by atoms with Crippen LogP contribution in [-0.4, -0.2) is 43.0 Å². The fraction of sp³-hybridized carbons (Fsp3) is 0.529. The number of amides is 2. The van der Waals surface area contributed by atoms with Crippen molar-refractivity contribution in [2.75, 3.05) is 26.2 Å². The number of hydrogen-bond donors (Lipinski definition) is 1. The highest BCUT2D eigenvalue weighted by Crippen LogP contribution is 2.16. The zero-order valence-corrected chi connectivity index (χ0v) is 13.4. The zero-order valence-electron chi connectivity index (χ0n) is 13.4. The highest BCUT2D eigenvalue weighted by molar-refractivity contribution is 5.85. The summed E-state index contributed by atoms with van der Waals surface area (Å²) in [6.07, 6.45) is 3.28. The average Bonchev–Trinajstić information content (AvgIpc) is 2.54. The Bertz CT molecular complexity index is 537. The highest BCUT2D eigenvalue weighted by atomic mass is 16.5. The summed E-state index contributed by atoms with van der Waals surface area (Å²) in [5.41, 5.74) is 2.31. The first-order valence-corrected chi connectivity index (χ1v) is 7.81. The fourth-order valence-corrected chi connectivity index (χ4v) is 2.43. The molecule has 0 aliphatic carbocycles. The lowest BCUT2D eigenvalue weighted by molar-refractivity contribution is -0.134. The van der Waals surface area contributed by atoms with Crippen molar-refractivity contribution in [1.29, 1.82) is 0 Å². The topological polar surface area (TPSA) is 58.6 Å². The average molecular weight is 304 g/mol. The van der Waals surface area contributed by atoms with Gasteiger partial charge in [-0.1, -0.05) is 6.07 Å². The van der Waals surface area contributed by atoms with E-state index in [1.807, 2.05) is 36.9 Å². The van der Waals surface area contributed by atoms with E-state index >= 15 is 0 Å². The van der Waals surface area contributed by atoms with Gasteiger partial charge in [0, 0.05) is 13.1 Å². The number of carbonyl (C=O) groups excluding carboxylic acids is 2. The normalized spacial score (nSPS) is 14.5. The first-order valence-electron chi connectivity index (χ1n) is 7.81. The summed E-state index contributed by atoms with van der Waals surface area (Å²) in [4.78, 5) is 25.5. The van der Waals surface area contributed by atoms with Gasteiger partial charge in [0.15, 0.2) is 6.61 Å². The van der Waals surface area contributed by atoms with Crippen LogP contribution in [0.4, 0.5) is 0 Å². The van der Waals surface area contributed by atoms with Crippen LogP contribution in [0.3, 0.4) is 0 Å². The van der Waals surface area contributed by atoms with Gasteiger partial charge in [-0.2, -0.15) is 0 Å². The molecule has 5 heteroatoms. The van der Waals surface area contributed by atoms with Crippen LogP contribution in [0, 0.1) is 13.8 Å². The van der Waals surface area contributed by atoms with Gasteiger partial charge in [-0.25, -0.2) is 0 Å². The molecule has 5 nitrogen and oxygen atoms in total. The lowest BCUT2D eigenvalue weighted by Gasteiger charge is -2.26. The summed E-state index contributed by atoms with van der Waals surface area (Å²) >= 11 is 0. The van der Waals surface area contributed by atoms with Crippen LogP contribution in [0.2, 0.25) is 0 Å². The summed E-state index contributed by atoms with van der Waals surface area (Å²) in [7, 11) is 0. The predicted molar refractivity (Wildman–Crippen MR) is 84.9 cm³/mol. The third kappa shape index (κ3) is 4.76. The minimum Gasteiger partial charge on any atom is -0.484 e. The second-order valence-corrected chi connectivity index (χ2v) is 5.75. The molecule has 1 aliphatic rings. The van der Waals surface area contributed by atoms with E-state index in [1.165, 1.54) is 12.0 Å². The molecule has 0 aromatic heterocycles. The molecule has 1 fully saturated rings. The predicted octanol–water partition coefficient (Wildman–Crippen LogP) is 1.81. The van der Waals surface area contributed by atoms with Gasteiger partial charge in [0.25, 0.3) is 5.91 Å². The third-order valence-electron chi connectivity index (χ3n) is 3.99. The molecular weight excluding hydrogens is 280 g/mol. The molecule has 0 unspecified atom stereocenters. The Morgan fingerprint density at radius 1 is 1.14 bits per heavy atom. The Kier molecular flexibility index (Phi) is 5.81. The van der Waals surface area contributed by atoms with Crippen molar-refractivity contribution in [2.45, 2.75) is 33.1 Å². The molecule has 1 saturated heterocycles. The van der Waals surface area contributed by atoms with E-state index in [-0.39, 0.29) is 25.0 Å². The lowest BCUT2D eigenvalue weighted by Crippen LogP contribution is -2.43. The van der Waals surface area contributed by atoms with Gasteiger partial charge in [0.1, 0.15) is 5.75 Å². The number of ether oxygens (including phenoxy) is 1. The molecule has 0 bridgehead atoms. The highest BCUT2D eigenvalue weighted by Gasteiger charge is 2.16. The molecule has 0 saturated carbocycles. The largest absolute Gasteiger partial charge is 0.484 e. The minimum atomic E-state index is -0.274. The molecule has 22 heavy (non-hydrogen) atoms. The molecule has 1 heterocycles. The number of nitrogens with one attached hydrogen (secondary N) is 1. The number of benzene rings is 1. The Balaban J connectivity index is 1.71. The summed E-state index contributed by atoms with van der Waals surface area (Å²) in [6.45, 7) is 5.60. The van der Waals surface area contributed by atoms with E-state index in [4.69, 9.17) is 4.74 Å². The third-order valence-corrected chi connectivity index (χ3v) is 3.99. The molecule has 1 aliphatic heterocycles. The number of piperidine rings is 1. The maximum atomic E-state index is 11.9. The maximum absolute atomic E-state index is 11.9. The molecule has 1 aromatic carbocycles. The molecule has 1 aromatic rings. The van der Waals surface area contributed by atoms with Gasteiger partial charge in [-0.15, -0.1) is 0 Å². The van der Waals surface area contributed by atoms with Crippen LogP contribution in [0.5, 0.6) is 5.75 Å². The Labute approximate surface area is 131 Å². The molecule has 120 valence electrons. The van der Waals surface area contributed by atoms with Gasteiger partial charge in [-0.05, 0) is 56.4 Å². The quantitative estimate of drug-likeness (QED) is 0.902. The van der Waals surface area contributed by atoms with Gasteiger partial charge >= 0.3 is 0 Å². The number of aryl methyl sites for hydroxylation is 2. The molecular formula is C17H24N2O3. The monoisotopic (exact) mass is 304 g/mol. The van der Waals surface area contributed by atoms with E-state index < -0.39 is 0 Å². The van der Waals surface area contributed by atoms with E-state index in [2.05, 4.69) is 5.32 Å². The van der Waals surface area contributed by atoms with Crippen molar-refractivity contribution in [3.8, 4) is 5.75 Å². The molecule has 1 N–H and O–H groups in total. The summed E-state index contributed by atoms with van der Waals surface area (Å²) in [5.74, 6) is 0.378. The van der Waals surface area contributed by atoms with E-state index in [1.54, 1.807) is 0 Å². The summed E-state index contributed by atoms with van der Waals surface area (Å²) < 4.78 is 5.44. The number of carbonyl (C=O) groups is 2. The second-order valence-electron chi connectivity index (χ2n) is 5.75. The SMILES string of the molecule is Cc1ccc(OCC(=O)NCC(=O)N2CCCCC2)cc1C. The standard InChI is InChI=1S/C17H24N2O3/c1-13-6-7-15(10-14(13)2)22-12-16(20)18-11-17(21)19-8-4-3-5-9-19/h6-7,10H,3-5,8-9,11-12H2,1-2H3,(H,18,20). The summed E-state index contributed by atoms with van der Waals surface area (Å²) in [6, 6.07) is 5.71. The number of nitrogens with zero attached hydrogens (tertiary/aromatic N) is 1. The van der Waals surface area contributed by atoms with Crippen LogP contribution < -0.4 is 10.1 Å². The van der Waals surface area contributed by atoms with Crippen LogP contribution >= 0.6 is 0 Å². The first kappa shape index (κ1) is 16.3. The van der Waals surface area contributed by atoms with Crippen molar-refractivity contribution in [3.05, 3.63) is 29.3 Å². The Morgan fingerprint density at radius 3 is 2.55 bits per heavy atom. The lowest BCUT2D eigenvalue weighted by atomic mass is 10.1. The fourth-order valence-electron chi connectivity index (χ4n) is 2.43. The van der Waals surface area contributed by atoms with Gasteiger partial charge in [-0.3, -0.25) is 9.59 Å². The van der Waals surface area contributed by atoms with Gasteiger partial charge in [0.2, 0.25) is 5.91 Å². The molecule has 2 rings (SSSR count). The maximum Gasteiger partial charge on any atom is 0.258 e. The number of rotatable bonds is 5. The van der Waals surface area contributed by atoms with Crippen molar-refractivity contribution in [3.63, 3.8) is 0 Å².